The number of methoxy groups -OCH3 is 4. The van der Waals surface area contributed by atoms with Crippen LogP contribution in [-0.4, -0.2) is 122 Å². The van der Waals surface area contributed by atoms with Crippen LogP contribution in [0.5, 0.6) is 0 Å². The van der Waals surface area contributed by atoms with Gasteiger partial charge in [0, 0.05) is 14.2 Å². The van der Waals surface area contributed by atoms with Crippen LogP contribution in [0.25, 0.3) is 0 Å². The second-order valence-corrected chi connectivity index (χ2v) is 6.40. The van der Waals surface area contributed by atoms with Crippen LogP contribution in [0.2, 0.25) is 0 Å². The minimum atomic E-state index is -1.75. The lowest BCUT2D eigenvalue weighted by Crippen LogP contribution is -2.66. The molecule has 2 fully saturated rings. The van der Waals surface area contributed by atoms with E-state index >= 15 is 0 Å². The lowest BCUT2D eigenvalue weighted by atomic mass is 9.96. The number of rotatable bonds is 6. The Morgan fingerprint density at radius 2 is 1.10 bits per heavy atom. The second kappa shape index (κ2) is 10.1. The first-order chi connectivity index (χ1) is 13.7. The first-order valence-corrected chi connectivity index (χ1v) is 8.61. The van der Waals surface area contributed by atoms with Gasteiger partial charge < -0.3 is 53.6 Å². The van der Waals surface area contributed by atoms with E-state index in [4.69, 9.17) is 23.7 Å². The third-order valence-electron chi connectivity index (χ3n) is 4.75. The van der Waals surface area contributed by atoms with Crippen molar-refractivity contribution in [2.75, 3.05) is 28.4 Å². The van der Waals surface area contributed by atoms with Gasteiger partial charge in [-0.05, 0) is 0 Å². The summed E-state index contributed by atoms with van der Waals surface area (Å²) in [7, 11) is 4.52. The fourth-order valence-electron chi connectivity index (χ4n) is 3.16. The summed E-state index contributed by atoms with van der Waals surface area (Å²) in [5, 5.41) is 41.1. The topological polar surface area (TPSA) is 180 Å². The molecule has 0 bridgehead atoms. The van der Waals surface area contributed by atoms with Crippen LogP contribution in [0, 0.1) is 0 Å². The van der Waals surface area contributed by atoms with Gasteiger partial charge in [0.2, 0.25) is 0 Å². The SMILES string of the molecule is COC(=O)C1O[C@H](OC)[C@@H](O)[C@H](O)C1OC1O[C@@H](C(=O)OC)[C@H](OC)C(O)C1O. The molecule has 13 heteroatoms. The zero-order valence-corrected chi connectivity index (χ0v) is 16.2. The average Bonchev–Trinajstić information content (AvgIpc) is 2.73. The monoisotopic (exact) mass is 426 g/mol. The molecule has 0 aliphatic carbocycles. The van der Waals surface area contributed by atoms with Crippen LogP contribution in [0.4, 0.5) is 0 Å². The molecule has 5 unspecified atom stereocenters. The van der Waals surface area contributed by atoms with E-state index in [-0.39, 0.29) is 0 Å². The van der Waals surface area contributed by atoms with Crippen LogP contribution in [0.1, 0.15) is 0 Å². The molecule has 0 spiro atoms. The number of esters is 2. The first-order valence-electron chi connectivity index (χ1n) is 8.61. The number of aliphatic hydroxyl groups excluding tert-OH is 4. The molecular formula is C16H26O13. The summed E-state index contributed by atoms with van der Waals surface area (Å²) in [6, 6.07) is 0. The minimum absolute atomic E-state index is 0.916. The van der Waals surface area contributed by atoms with Gasteiger partial charge in [0.25, 0.3) is 0 Å². The van der Waals surface area contributed by atoms with Gasteiger partial charge in [0.1, 0.15) is 36.6 Å². The van der Waals surface area contributed by atoms with E-state index in [1.54, 1.807) is 0 Å². The summed E-state index contributed by atoms with van der Waals surface area (Å²) >= 11 is 0. The number of carbonyl (C=O) groups is 2. The summed E-state index contributed by atoms with van der Waals surface area (Å²) in [5.74, 6) is -1.88. The highest BCUT2D eigenvalue weighted by Gasteiger charge is 2.54. The molecule has 0 aromatic carbocycles. The van der Waals surface area contributed by atoms with Crippen LogP contribution >= 0.6 is 0 Å². The number of aliphatic hydroxyl groups is 4. The maximum Gasteiger partial charge on any atom is 0.337 e. The molecule has 13 nitrogen and oxygen atoms in total. The lowest BCUT2D eigenvalue weighted by Gasteiger charge is -2.45. The molecule has 2 aliphatic heterocycles. The van der Waals surface area contributed by atoms with E-state index in [1.165, 1.54) is 14.2 Å². The normalized spacial score (nSPS) is 42.9. The van der Waals surface area contributed by atoms with Crippen molar-refractivity contribution in [1.82, 2.24) is 0 Å². The van der Waals surface area contributed by atoms with E-state index < -0.39 is 73.4 Å². The van der Waals surface area contributed by atoms with Gasteiger partial charge in [-0.3, -0.25) is 0 Å². The zero-order chi connectivity index (χ0) is 21.9. The number of carbonyl (C=O) groups excluding carboxylic acids is 2. The smallest absolute Gasteiger partial charge is 0.337 e. The molecule has 0 radical (unpaired) electrons. The molecule has 4 N–H and O–H groups in total. The highest BCUT2D eigenvalue weighted by atomic mass is 16.7. The van der Waals surface area contributed by atoms with Gasteiger partial charge in [-0.15, -0.1) is 0 Å². The van der Waals surface area contributed by atoms with E-state index in [2.05, 4.69) is 9.47 Å². The molecule has 168 valence electrons. The van der Waals surface area contributed by atoms with E-state index in [0.717, 1.165) is 14.2 Å². The Balaban J connectivity index is 2.27. The average molecular weight is 426 g/mol. The van der Waals surface area contributed by atoms with Gasteiger partial charge in [-0.1, -0.05) is 0 Å². The molecule has 2 saturated heterocycles. The molecule has 0 aromatic rings. The van der Waals surface area contributed by atoms with Crippen LogP contribution in [0.3, 0.4) is 0 Å². The first kappa shape index (κ1) is 23.9. The molecule has 2 rings (SSSR count). The molecule has 0 amide bonds. The van der Waals surface area contributed by atoms with Crippen molar-refractivity contribution >= 4 is 11.9 Å². The number of ether oxygens (including phenoxy) is 7. The summed E-state index contributed by atoms with van der Waals surface area (Å²) in [5.41, 5.74) is 0. The van der Waals surface area contributed by atoms with Crippen molar-refractivity contribution in [2.45, 2.75) is 61.4 Å². The highest BCUT2D eigenvalue weighted by molar-refractivity contribution is 5.76. The third-order valence-corrected chi connectivity index (χ3v) is 4.75. The van der Waals surface area contributed by atoms with Crippen LogP contribution in [-0.2, 0) is 42.7 Å². The van der Waals surface area contributed by atoms with Crippen molar-refractivity contribution in [3.05, 3.63) is 0 Å². The van der Waals surface area contributed by atoms with Gasteiger partial charge in [0.15, 0.2) is 24.8 Å². The number of hydrogen-bond donors (Lipinski definition) is 4. The Morgan fingerprint density at radius 3 is 1.59 bits per heavy atom. The number of hydrogen-bond acceptors (Lipinski definition) is 13. The minimum Gasteiger partial charge on any atom is -0.467 e. The summed E-state index contributed by atoms with van der Waals surface area (Å²) in [6.45, 7) is 0. The van der Waals surface area contributed by atoms with E-state index in [0.29, 0.717) is 0 Å². The lowest BCUT2D eigenvalue weighted by molar-refractivity contribution is -0.349. The largest absolute Gasteiger partial charge is 0.467 e. The predicted octanol–water partition coefficient (Wildman–Crippen LogP) is -3.73. The zero-order valence-electron chi connectivity index (χ0n) is 16.2. The highest BCUT2D eigenvalue weighted by Crippen LogP contribution is 2.30. The predicted molar refractivity (Wildman–Crippen MR) is 88.1 cm³/mol. The Labute approximate surface area is 165 Å². The molecular weight excluding hydrogens is 400 g/mol. The fourth-order valence-corrected chi connectivity index (χ4v) is 3.16. The molecule has 0 aromatic heterocycles. The van der Waals surface area contributed by atoms with Crippen LogP contribution < -0.4 is 0 Å². The molecule has 2 heterocycles. The van der Waals surface area contributed by atoms with Crippen molar-refractivity contribution < 1.29 is 63.2 Å². The Morgan fingerprint density at radius 1 is 0.655 bits per heavy atom. The van der Waals surface area contributed by atoms with Gasteiger partial charge in [-0.25, -0.2) is 9.59 Å². The maximum atomic E-state index is 12.1. The van der Waals surface area contributed by atoms with Gasteiger partial charge >= 0.3 is 11.9 Å². The van der Waals surface area contributed by atoms with Crippen molar-refractivity contribution in [3.63, 3.8) is 0 Å². The standard InChI is InChI=1S/C16H26O13/c1-23-9-5(17)8(20)16(29-11(9)13(21)24-2)27-10-6(18)7(19)15(26-4)28-12(10)14(22)25-3/h5-12,15-20H,1-4H3/t5?,6-,7-,8?,9+,10?,11+,12?,15-,16?/m0/s1. The summed E-state index contributed by atoms with van der Waals surface area (Å²) < 4.78 is 35.2. The molecule has 2 aliphatic rings. The van der Waals surface area contributed by atoms with E-state index in [1.807, 2.05) is 0 Å². The van der Waals surface area contributed by atoms with E-state index in [9.17, 15) is 30.0 Å². The quantitative estimate of drug-likeness (QED) is 0.305. The maximum absolute atomic E-state index is 12.1. The third kappa shape index (κ3) is 4.68. The molecule has 29 heavy (non-hydrogen) atoms. The summed E-state index contributed by atoms with van der Waals surface area (Å²) in [4.78, 5) is 24.0. The van der Waals surface area contributed by atoms with Gasteiger partial charge in [-0.2, -0.15) is 0 Å². The Bertz CT molecular complexity index is 571. The molecule has 0 saturated carbocycles. The van der Waals surface area contributed by atoms with Gasteiger partial charge in [0.05, 0.1) is 14.2 Å². The van der Waals surface area contributed by atoms with Crippen molar-refractivity contribution in [2.24, 2.45) is 0 Å². The van der Waals surface area contributed by atoms with Crippen molar-refractivity contribution in [3.8, 4) is 0 Å². The Hall–Kier alpha value is -1.42. The van der Waals surface area contributed by atoms with Crippen LogP contribution in [0.15, 0.2) is 0 Å². The fraction of sp³-hybridized carbons (Fsp3) is 0.875. The Kier molecular flexibility index (Phi) is 8.28. The second-order valence-electron chi connectivity index (χ2n) is 6.40. The molecule has 10 atom stereocenters. The summed E-state index contributed by atoms with van der Waals surface area (Å²) in [6.07, 6.45) is -15.8. The van der Waals surface area contributed by atoms with Crippen molar-refractivity contribution in [1.29, 1.82) is 0 Å².